The number of carbonyl (C=O) groups is 1. The van der Waals surface area contributed by atoms with Gasteiger partial charge in [0.2, 0.25) is 0 Å². The number of hydrogen-bond acceptors (Lipinski definition) is 3. The molecule has 0 fully saturated rings. The molecule has 2 rings (SSSR count). The molecule has 2 aromatic rings. The average Bonchev–Trinajstić information content (AvgIpc) is 2.43. The zero-order chi connectivity index (χ0) is 14.9. The third kappa shape index (κ3) is 2.54. The van der Waals surface area contributed by atoms with Crippen LogP contribution in [0.1, 0.15) is 15.9 Å². The molecular weight excluding hydrogens is 258 g/mol. The smallest absolute Gasteiger partial charge is 0.308 e. The van der Waals surface area contributed by atoms with Gasteiger partial charge in [0.25, 0.3) is 11.5 Å². The van der Waals surface area contributed by atoms with Crippen molar-refractivity contribution in [3.63, 3.8) is 0 Å². The highest BCUT2D eigenvalue weighted by atomic mass is 16.2. The molecule has 0 radical (unpaired) electrons. The number of nitrogens with one attached hydrogen (secondary N) is 1. The van der Waals surface area contributed by atoms with Crippen LogP contribution in [-0.2, 0) is 14.1 Å². The van der Waals surface area contributed by atoms with Gasteiger partial charge in [-0.15, -0.1) is 0 Å². The second kappa shape index (κ2) is 5.16. The summed E-state index contributed by atoms with van der Waals surface area (Å²) in [5, 5.41) is 2.57. The summed E-state index contributed by atoms with van der Waals surface area (Å²) < 4.78 is 2.19. The van der Waals surface area contributed by atoms with Crippen molar-refractivity contribution < 1.29 is 4.79 Å². The second-order valence-electron chi connectivity index (χ2n) is 4.59. The van der Waals surface area contributed by atoms with Crippen LogP contribution in [0.5, 0.6) is 0 Å². The van der Waals surface area contributed by atoms with Gasteiger partial charge in [-0.2, -0.15) is 0 Å². The summed E-state index contributed by atoms with van der Waals surface area (Å²) in [7, 11) is 2.88. The quantitative estimate of drug-likeness (QED) is 0.873. The number of amides is 1. The molecule has 0 saturated heterocycles. The molecule has 20 heavy (non-hydrogen) atoms. The second-order valence-corrected chi connectivity index (χ2v) is 4.59. The Hall–Kier alpha value is -2.63. The fourth-order valence-electron chi connectivity index (χ4n) is 1.75. The predicted molar refractivity (Wildman–Crippen MR) is 76.1 cm³/mol. The van der Waals surface area contributed by atoms with Gasteiger partial charge in [-0.05, 0) is 19.1 Å². The van der Waals surface area contributed by atoms with Crippen LogP contribution < -0.4 is 16.6 Å². The van der Waals surface area contributed by atoms with Crippen LogP contribution in [0.4, 0.5) is 5.82 Å². The normalized spacial score (nSPS) is 10.3. The number of aryl methyl sites for hydroxylation is 1. The molecule has 1 amide bonds. The maximum atomic E-state index is 12.0. The van der Waals surface area contributed by atoms with Crippen molar-refractivity contribution in [2.45, 2.75) is 6.92 Å². The summed E-state index contributed by atoms with van der Waals surface area (Å²) in [6, 6.07) is 8.22. The van der Waals surface area contributed by atoms with E-state index in [1.54, 1.807) is 12.1 Å². The minimum atomic E-state index is -0.489. The van der Waals surface area contributed by atoms with Gasteiger partial charge in [0.15, 0.2) is 0 Å². The van der Waals surface area contributed by atoms with E-state index in [2.05, 4.69) is 5.32 Å². The van der Waals surface area contributed by atoms with Crippen LogP contribution in [0.3, 0.4) is 0 Å². The number of carbonyl (C=O) groups excluding carboxylic acids is 1. The molecule has 1 heterocycles. The molecule has 0 aliphatic carbocycles. The third-order valence-corrected chi connectivity index (χ3v) is 3.08. The summed E-state index contributed by atoms with van der Waals surface area (Å²) in [5.74, 6) is -0.197. The molecule has 6 nitrogen and oxygen atoms in total. The van der Waals surface area contributed by atoms with E-state index in [0.717, 1.165) is 10.1 Å². The van der Waals surface area contributed by atoms with E-state index in [1.807, 2.05) is 19.1 Å². The van der Waals surface area contributed by atoms with Crippen LogP contribution >= 0.6 is 0 Å². The standard InChI is InChI=1S/C14H15N3O3/c1-9-4-6-10(7-5-9)13(19)15-11-8-12(18)17(3)14(20)16(11)2/h4-8H,1-3H3,(H,15,19). The van der Waals surface area contributed by atoms with Crippen molar-refractivity contribution in [3.05, 3.63) is 62.3 Å². The average molecular weight is 273 g/mol. The maximum Gasteiger partial charge on any atom is 0.332 e. The highest BCUT2D eigenvalue weighted by Crippen LogP contribution is 2.06. The van der Waals surface area contributed by atoms with E-state index in [0.29, 0.717) is 5.56 Å². The summed E-state index contributed by atoms with van der Waals surface area (Å²) in [6.45, 7) is 1.92. The lowest BCUT2D eigenvalue weighted by molar-refractivity contribution is 0.102. The number of aromatic nitrogens is 2. The maximum absolute atomic E-state index is 12.0. The largest absolute Gasteiger partial charge is 0.332 e. The lowest BCUT2D eigenvalue weighted by atomic mass is 10.1. The molecule has 0 aliphatic heterocycles. The Bertz CT molecular complexity index is 770. The molecule has 0 aliphatic rings. The number of nitrogens with zero attached hydrogens (tertiary/aromatic N) is 2. The van der Waals surface area contributed by atoms with Gasteiger partial charge < -0.3 is 5.32 Å². The van der Waals surface area contributed by atoms with E-state index >= 15 is 0 Å². The fourth-order valence-corrected chi connectivity index (χ4v) is 1.75. The monoisotopic (exact) mass is 273 g/mol. The first-order valence-corrected chi connectivity index (χ1v) is 6.05. The minimum absolute atomic E-state index is 0.170. The van der Waals surface area contributed by atoms with Crippen LogP contribution in [0.2, 0.25) is 0 Å². The number of hydrogen-bond donors (Lipinski definition) is 1. The topological polar surface area (TPSA) is 73.1 Å². The van der Waals surface area contributed by atoms with E-state index in [4.69, 9.17) is 0 Å². The SMILES string of the molecule is Cc1ccc(C(=O)Nc2cc(=O)n(C)c(=O)n2C)cc1. The predicted octanol–water partition coefficient (Wildman–Crippen LogP) is 0.645. The summed E-state index contributed by atoms with van der Waals surface area (Å²) >= 11 is 0. The molecule has 0 saturated carbocycles. The number of benzene rings is 1. The van der Waals surface area contributed by atoms with Gasteiger partial charge in [0, 0.05) is 25.7 Å². The van der Waals surface area contributed by atoms with Crippen LogP contribution in [0.25, 0.3) is 0 Å². The van der Waals surface area contributed by atoms with E-state index in [9.17, 15) is 14.4 Å². The molecule has 104 valence electrons. The Morgan fingerprint density at radius 3 is 2.25 bits per heavy atom. The van der Waals surface area contributed by atoms with Gasteiger partial charge in [-0.25, -0.2) is 4.79 Å². The molecule has 0 atom stereocenters. The Labute approximate surface area is 115 Å². The molecule has 1 aromatic carbocycles. The molecular formula is C14H15N3O3. The lowest BCUT2D eigenvalue weighted by Crippen LogP contribution is -2.38. The van der Waals surface area contributed by atoms with E-state index in [1.165, 1.54) is 24.7 Å². The molecule has 0 bridgehead atoms. The Balaban J connectivity index is 2.36. The van der Waals surface area contributed by atoms with Crippen molar-refractivity contribution in [2.24, 2.45) is 14.1 Å². The number of rotatable bonds is 2. The van der Waals surface area contributed by atoms with Crippen molar-refractivity contribution in [2.75, 3.05) is 5.32 Å². The fraction of sp³-hybridized carbons (Fsp3) is 0.214. The minimum Gasteiger partial charge on any atom is -0.308 e. The molecule has 6 heteroatoms. The van der Waals surface area contributed by atoms with Crippen molar-refractivity contribution in [1.29, 1.82) is 0 Å². The first-order valence-electron chi connectivity index (χ1n) is 6.05. The molecule has 1 N–H and O–H groups in total. The highest BCUT2D eigenvalue weighted by molar-refractivity contribution is 6.03. The van der Waals surface area contributed by atoms with Gasteiger partial charge in [0.05, 0.1) is 0 Å². The molecule has 0 unspecified atom stereocenters. The van der Waals surface area contributed by atoms with E-state index < -0.39 is 11.2 Å². The zero-order valence-corrected chi connectivity index (χ0v) is 11.5. The van der Waals surface area contributed by atoms with Crippen molar-refractivity contribution in [1.82, 2.24) is 9.13 Å². The highest BCUT2D eigenvalue weighted by Gasteiger charge is 2.10. The summed E-state index contributed by atoms with van der Waals surface area (Å²) in [6.07, 6.45) is 0. The first-order chi connectivity index (χ1) is 9.40. The van der Waals surface area contributed by atoms with Crippen molar-refractivity contribution >= 4 is 11.7 Å². The molecule has 1 aromatic heterocycles. The van der Waals surface area contributed by atoms with Crippen LogP contribution in [0, 0.1) is 6.92 Å². The lowest BCUT2D eigenvalue weighted by Gasteiger charge is -2.10. The first kappa shape index (κ1) is 13.8. The van der Waals surface area contributed by atoms with Gasteiger partial charge in [-0.3, -0.25) is 18.7 Å². The number of anilines is 1. The van der Waals surface area contributed by atoms with E-state index in [-0.39, 0.29) is 11.7 Å². The summed E-state index contributed by atoms with van der Waals surface area (Å²) in [4.78, 5) is 35.4. The van der Waals surface area contributed by atoms with Gasteiger partial charge >= 0.3 is 5.69 Å². The van der Waals surface area contributed by atoms with Crippen molar-refractivity contribution in [3.8, 4) is 0 Å². The van der Waals surface area contributed by atoms with Crippen LogP contribution in [0.15, 0.2) is 39.9 Å². The Morgan fingerprint density at radius 1 is 1.05 bits per heavy atom. The van der Waals surface area contributed by atoms with Crippen LogP contribution in [-0.4, -0.2) is 15.0 Å². The van der Waals surface area contributed by atoms with Gasteiger partial charge in [0.1, 0.15) is 5.82 Å². The Morgan fingerprint density at radius 2 is 1.65 bits per heavy atom. The zero-order valence-electron chi connectivity index (χ0n) is 11.5. The Kier molecular flexibility index (Phi) is 3.56. The third-order valence-electron chi connectivity index (χ3n) is 3.08. The molecule has 0 spiro atoms. The summed E-state index contributed by atoms with van der Waals surface area (Å²) in [5.41, 5.74) is 0.551. The van der Waals surface area contributed by atoms with Gasteiger partial charge in [-0.1, -0.05) is 17.7 Å².